The molecule has 9 heteroatoms. The Hall–Kier alpha value is -2.75. The van der Waals surface area contributed by atoms with Crippen molar-refractivity contribution in [2.75, 3.05) is 26.3 Å². The van der Waals surface area contributed by atoms with E-state index in [1.807, 2.05) is 26.8 Å². The zero-order valence-electron chi connectivity index (χ0n) is 19.2. The highest BCUT2D eigenvalue weighted by Crippen LogP contribution is 2.18. The second-order valence-electron chi connectivity index (χ2n) is 8.44. The number of hydrogen-bond acceptors (Lipinski definition) is 5. The highest BCUT2D eigenvalue weighted by molar-refractivity contribution is 7.89. The number of morpholine rings is 1. The van der Waals surface area contributed by atoms with E-state index >= 15 is 0 Å². The molecule has 2 amide bonds. The van der Waals surface area contributed by atoms with E-state index in [9.17, 15) is 18.0 Å². The van der Waals surface area contributed by atoms with Gasteiger partial charge in [-0.05, 0) is 42.7 Å². The average molecular weight is 474 g/mol. The van der Waals surface area contributed by atoms with Gasteiger partial charge in [0.05, 0.1) is 18.1 Å². The topological polar surface area (TPSA) is 105 Å². The summed E-state index contributed by atoms with van der Waals surface area (Å²) in [6, 6.07) is 13.0. The lowest BCUT2D eigenvalue weighted by Crippen LogP contribution is -2.49. The molecule has 2 N–H and O–H groups in total. The van der Waals surface area contributed by atoms with Crippen LogP contribution in [0.3, 0.4) is 0 Å². The summed E-state index contributed by atoms with van der Waals surface area (Å²) in [6.07, 6.45) is 0. The number of benzene rings is 2. The number of sulfonamides is 1. The van der Waals surface area contributed by atoms with E-state index in [2.05, 4.69) is 10.6 Å². The first kappa shape index (κ1) is 24.9. The molecule has 1 heterocycles. The van der Waals surface area contributed by atoms with Crippen LogP contribution in [0.25, 0.3) is 0 Å². The van der Waals surface area contributed by atoms with Crippen LogP contribution in [-0.2, 0) is 26.1 Å². The third kappa shape index (κ3) is 6.40. The minimum Gasteiger partial charge on any atom is -0.379 e. The molecular formula is C24H31N3O5S. The van der Waals surface area contributed by atoms with Crippen LogP contribution in [0, 0.1) is 12.8 Å². The van der Waals surface area contributed by atoms with Gasteiger partial charge in [-0.15, -0.1) is 0 Å². The SMILES string of the molecule is Cc1cccc(C(=O)N[C@H](C(=O)NCc2ccc(S(=O)(=O)N3CCOCC3)cc2)C(C)C)c1. The lowest BCUT2D eigenvalue weighted by atomic mass is 10.0. The predicted molar refractivity (Wildman–Crippen MR) is 125 cm³/mol. The van der Waals surface area contributed by atoms with Crippen LogP contribution in [0.5, 0.6) is 0 Å². The summed E-state index contributed by atoms with van der Waals surface area (Å²) < 4.78 is 32.1. The quantitative estimate of drug-likeness (QED) is 0.611. The normalized spacial score (nSPS) is 15.8. The third-order valence-electron chi connectivity index (χ3n) is 5.51. The van der Waals surface area contributed by atoms with Gasteiger partial charge < -0.3 is 15.4 Å². The number of nitrogens with one attached hydrogen (secondary N) is 2. The summed E-state index contributed by atoms with van der Waals surface area (Å²) in [6.45, 7) is 7.32. The smallest absolute Gasteiger partial charge is 0.251 e. The molecule has 1 aliphatic heterocycles. The molecule has 0 unspecified atom stereocenters. The molecule has 0 aromatic heterocycles. The fourth-order valence-electron chi connectivity index (χ4n) is 3.56. The highest BCUT2D eigenvalue weighted by Gasteiger charge is 2.27. The number of amides is 2. The average Bonchev–Trinajstić information content (AvgIpc) is 2.81. The van der Waals surface area contributed by atoms with Crippen LogP contribution in [0.4, 0.5) is 0 Å². The molecule has 0 aliphatic carbocycles. The summed E-state index contributed by atoms with van der Waals surface area (Å²) in [5, 5.41) is 5.66. The van der Waals surface area contributed by atoms with Gasteiger partial charge in [-0.25, -0.2) is 8.42 Å². The van der Waals surface area contributed by atoms with Gasteiger partial charge in [-0.3, -0.25) is 9.59 Å². The van der Waals surface area contributed by atoms with Gasteiger partial charge in [0.1, 0.15) is 6.04 Å². The van der Waals surface area contributed by atoms with E-state index in [-0.39, 0.29) is 29.2 Å². The molecule has 8 nitrogen and oxygen atoms in total. The molecule has 2 aromatic carbocycles. The Labute approximate surface area is 195 Å². The monoisotopic (exact) mass is 473 g/mol. The van der Waals surface area contributed by atoms with Crippen molar-refractivity contribution < 1.29 is 22.7 Å². The van der Waals surface area contributed by atoms with Gasteiger partial charge in [0, 0.05) is 25.2 Å². The molecule has 0 spiro atoms. The largest absolute Gasteiger partial charge is 0.379 e. The summed E-state index contributed by atoms with van der Waals surface area (Å²) in [7, 11) is -3.56. The van der Waals surface area contributed by atoms with Crippen molar-refractivity contribution in [2.45, 2.75) is 38.3 Å². The molecule has 1 fully saturated rings. The summed E-state index contributed by atoms with van der Waals surface area (Å²) in [4.78, 5) is 25.6. The molecule has 3 rings (SSSR count). The van der Waals surface area contributed by atoms with Crippen molar-refractivity contribution in [3.05, 3.63) is 65.2 Å². The number of nitrogens with zero attached hydrogens (tertiary/aromatic N) is 1. The van der Waals surface area contributed by atoms with Crippen LogP contribution in [0.15, 0.2) is 53.4 Å². The van der Waals surface area contributed by atoms with Gasteiger partial charge in [0.2, 0.25) is 15.9 Å². The van der Waals surface area contributed by atoms with Crippen LogP contribution in [0.1, 0.15) is 35.3 Å². The standard InChI is InChI=1S/C24H31N3O5S/c1-17(2)22(26-23(28)20-6-4-5-18(3)15-20)24(29)25-16-19-7-9-21(10-8-19)33(30,31)27-11-13-32-14-12-27/h4-10,15,17,22H,11-14,16H2,1-3H3,(H,25,29)(H,26,28)/t22-/m0/s1. The van der Waals surface area contributed by atoms with E-state index < -0.39 is 16.1 Å². The maximum Gasteiger partial charge on any atom is 0.251 e. The fourth-order valence-corrected chi connectivity index (χ4v) is 4.97. The Kier molecular flexibility index (Phi) is 8.23. The minimum atomic E-state index is -3.56. The summed E-state index contributed by atoms with van der Waals surface area (Å²) >= 11 is 0. The second kappa shape index (κ2) is 10.9. The first-order valence-electron chi connectivity index (χ1n) is 11.0. The van der Waals surface area contributed by atoms with Crippen molar-refractivity contribution in [2.24, 2.45) is 5.92 Å². The molecule has 1 aliphatic rings. The first-order valence-corrected chi connectivity index (χ1v) is 12.4. The number of hydrogen-bond donors (Lipinski definition) is 2. The summed E-state index contributed by atoms with van der Waals surface area (Å²) in [5.74, 6) is -0.707. The Balaban J connectivity index is 1.60. The van der Waals surface area contributed by atoms with Crippen LogP contribution < -0.4 is 10.6 Å². The maximum absolute atomic E-state index is 12.8. The van der Waals surface area contributed by atoms with Crippen LogP contribution >= 0.6 is 0 Å². The lowest BCUT2D eigenvalue weighted by Gasteiger charge is -2.26. The molecule has 1 saturated heterocycles. The van der Waals surface area contributed by atoms with Gasteiger partial charge in [0.15, 0.2) is 0 Å². The van der Waals surface area contributed by atoms with Gasteiger partial charge in [-0.1, -0.05) is 43.7 Å². The number of rotatable bonds is 8. The van der Waals surface area contributed by atoms with Gasteiger partial charge in [-0.2, -0.15) is 4.31 Å². The molecule has 2 aromatic rings. The first-order chi connectivity index (χ1) is 15.7. The zero-order valence-corrected chi connectivity index (χ0v) is 20.0. The van der Waals surface area contributed by atoms with Crippen LogP contribution in [-0.4, -0.2) is 56.9 Å². The number of carbonyl (C=O) groups is 2. The molecule has 33 heavy (non-hydrogen) atoms. The van der Waals surface area contributed by atoms with E-state index in [0.29, 0.717) is 31.9 Å². The summed E-state index contributed by atoms with van der Waals surface area (Å²) in [5.41, 5.74) is 2.23. The molecule has 0 bridgehead atoms. The van der Waals surface area contributed by atoms with Crippen molar-refractivity contribution in [3.8, 4) is 0 Å². The van der Waals surface area contributed by atoms with Gasteiger partial charge >= 0.3 is 0 Å². The van der Waals surface area contributed by atoms with Crippen molar-refractivity contribution in [1.82, 2.24) is 14.9 Å². The molecular weight excluding hydrogens is 442 g/mol. The van der Waals surface area contributed by atoms with E-state index in [1.165, 1.54) is 4.31 Å². The number of carbonyl (C=O) groups excluding carboxylic acids is 2. The van der Waals surface area contributed by atoms with Crippen molar-refractivity contribution >= 4 is 21.8 Å². The third-order valence-corrected chi connectivity index (χ3v) is 7.43. The molecule has 178 valence electrons. The number of aryl methyl sites for hydroxylation is 1. The lowest BCUT2D eigenvalue weighted by molar-refractivity contribution is -0.124. The fraction of sp³-hybridized carbons (Fsp3) is 0.417. The molecule has 0 radical (unpaired) electrons. The van der Waals surface area contributed by atoms with Crippen molar-refractivity contribution in [3.63, 3.8) is 0 Å². The number of ether oxygens (including phenoxy) is 1. The maximum atomic E-state index is 12.8. The molecule has 0 saturated carbocycles. The van der Waals surface area contributed by atoms with Gasteiger partial charge in [0.25, 0.3) is 5.91 Å². The second-order valence-corrected chi connectivity index (χ2v) is 10.4. The Morgan fingerprint density at radius 2 is 1.73 bits per heavy atom. The van der Waals surface area contributed by atoms with E-state index in [0.717, 1.165) is 11.1 Å². The Morgan fingerprint density at radius 3 is 2.33 bits per heavy atom. The molecule has 1 atom stereocenters. The van der Waals surface area contributed by atoms with Crippen molar-refractivity contribution in [1.29, 1.82) is 0 Å². The highest BCUT2D eigenvalue weighted by atomic mass is 32.2. The Bertz CT molecular complexity index is 1080. The minimum absolute atomic E-state index is 0.111. The van der Waals surface area contributed by atoms with E-state index in [4.69, 9.17) is 4.74 Å². The van der Waals surface area contributed by atoms with E-state index in [1.54, 1.807) is 42.5 Å². The zero-order chi connectivity index (χ0) is 24.0. The van der Waals surface area contributed by atoms with Crippen LogP contribution in [0.2, 0.25) is 0 Å². The Morgan fingerprint density at radius 1 is 1.06 bits per heavy atom. The predicted octanol–water partition coefficient (Wildman–Crippen LogP) is 2.09.